The van der Waals surface area contributed by atoms with Gasteiger partial charge in [-0.1, -0.05) is 12.2 Å². The summed E-state index contributed by atoms with van der Waals surface area (Å²) in [4.78, 5) is 0. The molecule has 4 atom stereocenters. The van der Waals surface area contributed by atoms with E-state index < -0.39 is 17.7 Å². The van der Waals surface area contributed by atoms with Gasteiger partial charge in [-0.05, 0) is 0 Å². The molecule has 12 heavy (non-hydrogen) atoms. The van der Waals surface area contributed by atoms with Crippen molar-refractivity contribution in [1.82, 2.24) is 0 Å². The van der Waals surface area contributed by atoms with Crippen LogP contribution >= 0.6 is 0 Å². The van der Waals surface area contributed by atoms with Gasteiger partial charge in [-0.15, -0.1) is 0 Å². The zero-order valence-electron chi connectivity index (χ0n) is 6.73. The highest BCUT2D eigenvalue weighted by molar-refractivity contribution is 6.11. The third kappa shape index (κ3) is 0.776. The first kappa shape index (κ1) is 8.29. The van der Waals surface area contributed by atoms with Crippen LogP contribution in [0.1, 0.15) is 6.42 Å². The third-order valence-electron chi connectivity index (χ3n) is 2.87. The maximum absolute atomic E-state index is 9.69. The second kappa shape index (κ2) is 2.34. The third-order valence-corrected chi connectivity index (χ3v) is 2.87. The van der Waals surface area contributed by atoms with E-state index in [1.54, 1.807) is 0 Å². The van der Waals surface area contributed by atoms with Crippen molar-refractivity contribution in [3.8, 4) is 0 Å². The molecule has 0 aromatic rings. The van der Waals surface area contributed by atoms with E-state index in [1.807, 2.05) is 0 Å². The van der Waals surface area contributed by atoms with Gasteiger partial charge in [-0.25, -0.2) is 0 Å². The maximum Gasteiger partial charge on any atom is 0.121 e. The van der Waals surface area contributed by atoms with Crippen molar-refractivity contribution in [2.45, 2.75) is 24.1 Å². The van der Waals surface area contributed by atoms with Crippen molar-refractivity contribution in [3.63, 3.8) is 0 Å². The first-order valence-electron chi connectivity index (χ1n) is 4.01. The van der Waals surface area contributed by atoms with E-state index >= 15 is 0 Å². The van der Waals surface area contributed by atoms with E-state index in [0.717, 1.165) is 5.57 Å². The molecule has 2 radical (unpaired) electrons. The summed E-state index contributed by atoms with van der Waals surface area (Å²) in [6.45, 7) is 3.60. The average Bonchev–Trinajstić information content (AvgIpc) is 2.37. The normalized spacial score (nSPS) is 51.8. The summed E-state index contributed by atoms with van der Waals surface area (Å²) >= 11 is 0. The van der Waals surface area contributed by atoms with E-state index in [-0.39, 0.29) is 12.5 Å². The molecule has 4 heteroatoms. The van der Waals surface area contributed by atoms with Crippen molar-refractivity contribution in [2.75, 3.05) is 6.61 Å². The maximum atomic E-state index is 9.69. The van der Waals surface area contributed by atoms with Crippen LogP contribution in [0.4, 0.5) is 0 Å². The number of fused-ring (bicyclic) bond motifs is 2. The van der Waals surface area contributed by atoms with Crippen LogP contribution in [0, 0.1) is 5.92 Å². The molecule has 1 aliphatic heterocycles. The van der Waals surface area contributed by atoms with E-state index in [4.69, 9.17) is 17.7 Å². The molecule has 1 aliphatic carbocycles. The van der Waals surface area contributed by atoms with Crippen LogP contribution in [-0.4, -0.2) is 42.4 Å². The monoisotopic (exact) mass is 166 g/mol. The molecular weight excluding hydrogens is 155 g/mol. The number of hydrogen-bond acceptors (Lipinski definition) is 3. The fourth-order valence-electron chi connectivity index (χ4n) is 2.21. The van der Waals surface area contributed by atoms with Gasteiger partial charge in [-0.3, -0.25) is 0 Å². The molecule has 2 bridgehead atoms. The second-order valence-corrected chi connectivity index (χ2v) is 3.61. The van der Waals surface area contributed by atoms with Gasteiger partial charge in [0.15, 0.2) is 0 Å². The molecule has 0 amide bonds. The molecule has 1 saturated heterocycles. The Balaban J connectivity index is 2.34. The lowest BCUT2D eigenvalue weighted by molar-refractivity contribution is -0.0931. The van der Waals surface area contributed by atoms with Gasteiger partial charge >= 0.3 is 0 Å². The lowest BCUT2D eigenvalue weighted by atomic mass is 9.83. The predicted octanol–water partition coefficient (Wildman–Crippen LogP) is -0.821. The second-order valence-electron chi connectivity index (χ2n) is 3.61. The van der Waals surface area contributed by atoms with Crippen molar-refractivity contribution in [3.05, 3.63) is 12.2 Å². The Morgan fingerprint density at radius 3 is 2.75 bits per heavy atom. The lowest BCUT2D eigenvalue weighted by Gasteiger charge is -2.28. The van der Waals surface area contributed by atoms with Gasteiger partial charge in [0.1, 0.15) is 13.4 Å². The van der Waals surface area contributed by atoms with Crippen molar-refractivity contribution < 1.29 is 14.9 Å². The Labute approximate surface area is 72.4 Å². The minimum atomic E-state index is -0.860. The summed E-state index contributed by atoms with van der Waals surface area (Å²) in [6.07, 6.45) is -0.173. The Morgan fingerprint density at radius 2 is 2.42 bits per heavy atom. The summed E-state index contributed by atoms with van der Waals surface area (Å²) < 4.78 is 5.30. The molecule has 2 aliphatic rings. The predicted molar refractivity (Wildman–Crippen MR) is 43.7 cm³/mol. The van der Waals surface area contributed by atoms with Crippen LogP contribution < -0.4 is 0 Å². The van der Waals surface area contributed by atoms with Gasteiger partial charge in [0.05, 0.1) is 12.7 Å². The molecule has 0 spiro atoms. The molecule has 3 nitrogen and oxygen atoms in total. The van der Waals surface area contributed by atoms with Gasteiger partial charge in [0.2, 0.25) is 0 Å². The Hall–Kier alpha value is -0.315. The van der Waals surface area contributed by atoms with Crippen molar-refractivity contribution >= 4 is 7.85 Å². The Morgan fingerprint density at radius 1 is 1.75 bits per heavy atom. The van der Waals surface area contributed by atoms with Crippen LogP contribution in [-0.2, 0) is 4.74 Å². The molecule has 1 heterocycles. The van der Waals surface area contributed by atoms with Gasteiger partial charge < -0.3 is 14.9 Å². The topological polar surface area (TPSA) is 49.7 Å². The number of rotatable bonds is 1. The summed E-state index contributed by atoms with van der Waals surface area (Å²) in [7, 11) is 5.61. The summed E-state index contributed by atoms with van der Waals surface area (Å²) in [5.41, 5.74) is 0.0246. The first-order valence-corrected chi connectivity index (χ1v) is 4.01. The lowest BCUT2D eigenvalue weighted by Crippen LogP contribution is -2.40. The molecule has 0 aromatic carbocycles. The minimum Gasteiger partial charge on any atom is -0.393 e. The molecular formula is C8H11BO3. The van der Waals surface area contributed by atoms with Crippen LogP contribution in [0.25, 0.3) is 0 Å². The van der Waals surface area contributed by atoms with Crippen LogP contribution in [0.5, 0.6) is 0 Å². The Kier molecular flexibility index (Phi) is 1.62. The highest BCUT2D eigenvalue weighted by Gasteiger charge is 2.59. The molecule has 0 aromatic heterocycles. The molecule has 64 valence electrons. The van der Waals surface area contributed by atoms with Crippen LogP contribution in [0.15, 0.2) is 12.2 Å². The smallest absolute Gasteiger partial charge is 0.121 e. The SMILES string of the molecule is [B][C@@H]1O[C@@]2(CO)CC(=C)[C@@H]1[C@H]2O. The molecule has 0 unspecified atom stereocenters. The number of aliphatic hydroxyl groups excluding tert-OH is 2. The highest BCUT2D eigenvalue weighted by Crippen LogP contribution is 2.49. The number of hydrogen-bond donors (Lipinski definition) is 2. The first-order chi connectivity index (χ1) is 5.60. The fraction of sp³-hybridized carbons (Fsp3) is 0.750. The van der Waals surface area contributed by atoms with Crippen LogP contribution in [0.2, 0.25) is 0 Å². The summed E-state index contributed by atoms with van der Waals surface area (Å²) in [5, 5.41) is 18.8. The fourth-order valence-corrected chi connectivity index (χ4v) is 2.21. The van der Waals surface area contributed by atoms with Gasteiger partial charge in [-0.2, -0.15) is 0 Å². The number of aliphatic hydroxyl groups is 2. The molecule has 2 N–H and O–H groups in total. The standard InChI is InChI=1S/C8H11BO3/c1-4-2-8(3-10)6(11)5(4)7(9)12-8/h5-7,10-11H,1-3H2/t5-,6-,7-,8-/m1/s1. The summed E-state index contributed by atoms with van der Waals surface area (Å²) in [6, 6.07) is -0.506. The van der Waals surface area contributed by atoms with Crippen LogP contribution in [0.3, 0.4) is 0 Å². The number of ether oxygens (including phenoxy) is 1. The van der Waals surface area contributed by atoms with E-state index in [9.17, 15) is 5.11 Å². The highest BCUT2D eigenvalue weighted by atomic mass is 16.5. The molecule has 2 rings (SSSR count). The van der Waals surface area contributed by atoms with Gasteiger partial charge in [0, 0.05) is 18.3 Å². The van der Waals surface area contributed by atoms with E-state index in [0.29, 0.717) is 6.42 Å². The zero-order chi connectivity index (χ0) is 8.93. The Bertz CT molecular complexity index is 230. The minimum absolute atomic E-state index is 0.197. The summed E-state index contributed by atoms with van der Waals surface area (Å²) in [5.74, 6) is -0.197. The average molecular weight is 166 g/mol. The quantitative estimate of drug-likeness (QED) is 0.395. The van der Waals surface area contributed by atoms with Crippen molar-refractivity contribution in [2.24, 2.45) is 5.92 Å². The van der Waals surface area contributed by atoms with E-state index in [2.05, 4.69) is 6.58 Å². The van der Waals surface area contributed by atoms with E-state index in [1.165, 1.54) is 0 Å². The zero-order valence-corrected chi connectivity index (χ0v) is 6.73. The largest absolute Gasteiger partial charge is 0.393 e. The molecule has 1 saturated carbocycles. The van der Waals surface area contributed by atoms with Crippen molar-refractivity contribution in [1.29, 1.82) is 0 Å². The van der Waals surface area contributed by atoms with Gasteiger partial charge in [0.25, 0.3) is 0 Å². The molecule has 2 fully saturated rings.